The van der Waals surface area contributed by atoms with Crippen molar-refractivity contribution in [1.29, 1.82) is 0 Å². The van der Waals surface area contributed by atoms with E-state index < -0.39 is 18.0 Å². The van der Waals surface area contributed by atoms with Crippen molar-refractivity contribution < 1.29 is 19.8 Å². The van der Waals surface area contributed by atoms with E-state index in [4.69, 9.17) is 10.2 Å². The Morgan fingerprint density at radius 1 is 1.20 bits per heavy atom. The third-order valence-corrected chi connectivity index (χ3v) is 3.64. The number of hydrogen-bond donors (Lipinski definition) is 2. The van der Waals surface area contributed by atoms with Crippen LogP contribution in [0, 0.1) is 11.8 Å². The van der Waals surface area contributed by atoms with Crippen molar-refractivity contribution in [3.8, 4) is 0 Å². The van der Waals surface area contributed by atoms with Crippen molar-refractivity contribution in [3.05, 3.63) is 0 Å². The molecule has 3 fully saturated rings. The van der Waals surface area contributed by atoms with Crippen LogP contribution in [0.4, 0.5) is 0 Å². The molecule has 3 heterocycles. The van der Waals surface area contributed by atoms with Crippen molar-refractivity contribution in [2.45, 2.75) is 25.3 Å². The zero-order chi connectivity index (χ0) is 11.0. The molecule has 15 heavy (non-hydrogen) atoms. The molecule has 84 valence electrons. The number of nitrogens with zero attached hydrogens (tertiary/aromatic N) is 1. The molecule has 3 rings (SSSR count). The largest absolute Gasteiger partial charge is 0.481 e. The number of aliphatic carboxylic acids is 2. The van der Waals surface area contributed by atoms with Crippen LogP contribution in [-0.4, -0.2) is 46.2 Å². The second-order valence-electron chi connectivity index (χ2n) is 4.42. The lowest BCUT2D eigenvalue weighted by molar-refractivity contribution is -0.155. The molecular formula is C10H15NO4. The van der Waals surface area contributed by atoms with Gasteiger partial charge in [-0.05, 0) is 37.8 Å². The van der Waals surface area contributed by atoms with E-state index >= 15 is 0 Å². The first-order valence-corrected chi connectivity index (χ1v) is 5.28. The summed E-state index contributed by atoms with van der Waals surface area (Å²) < 4.78 is 0. The summed E-state index contributed by atoms with van der Waals surface area (Å²) in [5, 5.41) is 17.9. The van der Waals surface area contributed by atoms with Gasteiger partial charge in [-0.25, -0.2) is 0 Å². The van der Waals surface area contributed by atoms with E-state index in [2.05, 4.69) is 0 Å². The lowest BCUT2D eigenvalue weighted by atomic mass is 9.72. The minimum atomic E-state index is -0.889. The van der Waals surface area contributed by atoms with E-state index in [1.54, 1.807) is 0 Å². The predicted octanol–water partition coefficient (Wildman–Crippen LogP) is 0.256. The first-order valence-electron chi connectivity index (χ1n) is 5.28. The summed E-state index contributed by atoms with van der Waals surface area (Å²) in [4.78, 5) is 23.7. The van der Waals surface area contributed by atoms with Gasteiger partial charge in [-0.2, -0.15) is 0 Å². The zero-order valence-corrected chi connectivity index (χ0v) is 8.43. The third-order valence-electron chi connectivity index (χ3n) is 3.64. The summed E-state index contributed by atoms with van der Waals surface area (Å²) in [6.45, 7) is 1.61. The van der Waals surface area contributed by atoms with Gasteiger partial charge in [0, 0.05) is 0 Å². The molecule has 5 heteroatoms. The number of carboxylic acid groups (broad SMARTS) is 2. The normalized spacial score (nSPS) is 38.9. The van der Waals surface area contributed by atoms with E-state index in [-0.39, 0.29) is 18.3 Å². The number of piperidine rings is 3. The van der Waals surface area contributed by atoms with Crippen molar-refractivity contribution in [2.75, 3.05) is 13.1 Å². The Morgan fingerprint density at radius 3 is 2.27 bits per heavy atom. The van der Waals surface area contributed by atoms with E-state index in [1.807, 2.05) is 4.90 Å². The van der Waals surface area contributed by atoms with Gasteiger partial charge >= 0.3 is 11.9 Å². The van der Waals surface area contributed by atoms with Gasteiger partial charge < -0.3 is 10.2 Å². The standard InChI is InChI=1S/C10H15NO4/c12-8(13)5-7-6-1-3-11(4-2-6)9(7)10(14)15/h6-7,9H,1-5H2,(H,12,13)(H,14,15)/t7-,9-/m1/s1. The lowest BCUT2D eigenvalue weighted by Crippen LogP contribution is -2.58. The van der Waals surface area contributed by atoms with Gasteiger partial charge in [0.05, 0.1) is 6.42 Å². The van der Waals surface area contributed by atoms with Crippen LogP contribution in [0.1, 0.15) is 19.3 Å². The fourth-order valence-corrected chi connectivity index (χ4v) is 2.97. The summed E-state index contributed by atoms with van der Waals surface area (Å²) in [7, 11) is 0. The van der Waals surface area contributed by atoms with Gasteiger partial charge in [0.2, 0.25) is 0 Å². The van der Waals surface area contributed by atoms with Crippen LogP contribution in [0.2, 0.25) is 0 Å². The van der Waals surface area contributed by atoms with Gasteiger partial charge in [0.1, 0.15) is 6.04 Å². The summed E-state index contributed by atoms with van der Waals surface area (Å²) in [6, 6.07) is -0.575. The fraction of sp³-hybridized carbons (Fsp3) is 0.800. The van der Waals surface area contributed by atoms with Crippen molar-refractivity contribution >= 4 is 11.9 Å². The molecular weight excluding hydrogens is 198 g/mol. The second-order valence-corrected chi connectivity index (χ2v) is 4.42. The second kappa shape index (κ2) is 3.81. The Balaban J connectivity index is 2.17. The quantitative estimate of drug-likeness (QED) is 0.703. The Kier molecular flexibility index (Phi) is 2.65. The first kappa shape index (κ1) is 10.4. The SMILES string of the molecule is O=C(O)C[C@@H]1C2CCN(CC2)[C@H]1C(=O)O. The molecule has 0 aliphatic carbocycles. The first-order chi connectivity index (χ1) is 7.09. The average molecular weight is 213 g/mol. The maximum atomic E-state index is 11.1. The Labute approximate surface area is 87.7 Å². The maximum Gasteiger partial charge on any atom is 0.321 e. The van der Waals surface area contributed by atoms with Crippen molar-refractivity contribution in [2.24, 2.45) is 11.8 Å². The highest BCUT2D eigenvalue weighted by Crippen LogP contribution is 2.38. The maximum absolute atomic E-state index is 11.1. The Bertz CT molecular complexity index is 283. The van der Waals surface area contributed by atoms with Crippen LogP contribution in [0.25, 0.3) is 0 Å². The average Bonchev–Trinajstić information content (AvgIpc) is 2.17. The number of carboxylic acids is 2. The topological polar surface area (TPSA) is 77.8 Å². The molecule has 3 saturated heterocycles. The minimum absolute atomic E-state index is 0.0157. The van der Waals surface area contributed by atoms with Gasteiger partial charge in [0.25, 0.3) is 0 Å². The van der Waals surface area contributed by atoms with E-state index in [1.165, 1.54) is 0 Å². The lowest BCUT2D eigenvalue weighted by Gasteiger charge is -2.48. The number of hydrogen-bond acceptors (Lipinski definition) is 3. The van der Waals surface area contributed by atoms with E-state index in [0.29, 0.717) is 0 Å². The Hall–Kier alpha value is -1.10. The minimum Gasteiger partial charge on any atom is -0.481 e. The predicted molar refractivity (Wildman–Crippen MR) is 51.5 cm³/mol. The number of fused-ring (bicyclic) bond motifs is 3. The molecule has 2 N–H and O–H groups in total. The smallest absolute Gasteiger partial charge is 0.321 e. The molecule has 0 spiro atoms. The van der Waals surface area contributed by atoms with Gasteiger partial charge in [-0.1, -0.05) is 0 Å². The molecule has 2 atom stereocenters. The van der Waals surface area contributed by atoms with Crippen molar-refractivity contribution in [3.63, 3.8) is 0 Å². The van der Waals surface area contributed by atoms with Gasteiger partial charge in [-0.15, -0.1) is 0 Å². The Morgan fingerprint density at radius 2 is 1.80 bits per heavy atom. The zero-order valence-electron chi connectivity index (χ0n) is 8.43. The van der Waals surface area contributed by atoms with Gasteiger partial charge in [0.15, 0.2) is 0 Å². The molecule has 3 aliphatic heterocycles. The highest BCUT2D eigenvalue weighted by molar-refractivity contribution is 5.76. The molecule has 0 radical (unpaired) electrons. The van der Waals surface area contributed by atoms with E-state index in [0.717, 1.165) is 25.9 Å². The number of carbonyl (C=O) groups is 2. The van der Waals surface area contributed by atoms with Crippen LogP contribution < -0.4 is 0 Å². The molecule has 5 nitrogen and oxygen atoms in total. The molecule has 0 saturated carbocycles. The molecule has 0 aromatic rings. The van der Waals surface area contributed by atoms with E-state index in [9.17, 15) is 9.59 Å². The highest BCUT2D eigenvalue weighted by atomic mass is 16.4. The fourth-order valence-electron chi connectivity index (χ4n) is 2.97. The molecule has 2 bridgehead atoms. The van der Waals surface area contributed by atoms with Crippen molar-refractivity contribution in [1.82, 2.24) is 4.90 Å². The van der Waals surface area contributed by atoms with Crippen LogP contribution in [0.5, 0.6) is 0 Å². The summed E-state index contributed by atoms with van der Waals surface area (Å²) in [5.74, 6) is -1.68. The molecule has 0 aromatic heterocycles. The van der Waals surface area contributed by atoms with Crippen LogP contribution >= 0.6 is 0 Å². The van der Waals surface area contributed by atoms with Crippen LogP contribution in [0.15, 0.2) is 0 Å². The van der Waals surface area contributed by atoms with Crippen LogP contribution in [0.3, 0.4) is 0 Å². The third kappa shape index (κ3) is 1.84. The summed E-state index contributed by atoms with van der Waals surface area (Å²) in [5.41, 5.74) is 0. The summed E-state index contributed by atoms with van der Waals surface area (Å²) >= 11 is 0. The molecule has 3 aliphatic rings. The molecule has 0 amide bonds. The number of rotatable bonds is 3. The molecule has 0 aromatic carbocycles. The highest BCUT2D eigenvalue weighted by Gasteiger charge is 2.46. The van der Waals surface area contributed by atoms with Crippen LogP contribution in [-0.2, 0) is 9.59 Å². The monoisotopic (exact) mass is 213 g/mol. The summed E-state index contributed by atoms with van der Waals surface area (Å²) in [6.07, 6.45) is 1.88. The molecule has 0 unspecified atom stereocenters. The van der Waals surface area contributed by atoms with Gasteiger partial charge in [-0.3, -0.25) is 14.5 Å².